The molecule has 0 heterocycles. The molecule has 0 aromatic rings. The molecule has 0 saturated carbocycles. The van der Waals surface area contributed by atoms with Crippen molar-refractivity contribution in [3.05, 3.63) is 24.3 Å². The van der Waals surface area contributed by atoms with Crippen LogP contribution in [0.15, 0.2) is 24.3 Å². The van der Waals surface area contributed by atoms with Crippen molar-refractivity contribution in [1.29, 1.82) is 0 Å². The van der Waals surface area contributed by atoms with Gasteiger partial charge in [0, 0.05) is 11.9 Å². The van der Waals surface area contributed by atoms with Gasteiger partial charge in [-0.1, -0.05) is 24.3 Å². The molecule has 0 aliphatic carbocycles. The molecule has 5 heteroatoms. The Hall–Kier alpha value is -0.320. The number of hydrogen-bond acceptors (Lipinski definition) is 4. The minimum absolute atomic E-state index is 0. The third-order valence-corrected chi connectivity index (χ3v) is 1.97. The number of carboxylic acids is 2. The van der Waals surface area contributed by atoms with Crippen LogP contribution in [-0.2, 0) is 9.59 Å². The van der Waals surface area contributed by atoms with Crippen LogP contribution in [0.1, 0.15) is 52.4 Å². The normalized spacial score (nSPS) is 9.79. The van der Waals surface area contributed by atoms with Crippen LogP contribution in [0.5, 0.6) is 0 Å². The van der Waals surface area contributed by atoms with Crippen LogP contribution in [0.4, 0.5) is 0 Å². The summed E-state index contributed by atoms with van der Waals surface area (Å²) in [5, 5.41) is 19.7. The standard InChI is InChI=1S/2C7H12O2.Ca/c2*1-2-3-4-5-6-7(8)9;/h2*2-3H,4-6H2,1H3,(H,8,9);/q;;+2/p-2. The molecule has 0 radical (unpaired) electrons. The zero-order valence-electron chi connectivity index (χ0n) is 11.9. The van der Waals surface area contributed by atoms with Gasteiger partial charge in [-0.2, -0.15) is 0 Å². The minimum atomic E-state index is -0.959. The summed E-state index contributed by atoms with van der Waals surface area (Å²) in [6.45, 7) is 3.83. The van der Waals surface area contributed by atoms with Crippen LogP contribution in [0.3, 0.4) is 0 Å². The number of rotatable bonds is 8. The Kier molecular flexibility index (Phi) is 25.0. The molecule has 0 saturated heterocycles. The van der Waals surface area contributed by atoms with Gasteiger partial charge in [-0.15, -0.1) is 0 Å². The van der Waals surface area contributed by atoms with Crippen molar-refractivity contribution in [3.63, 3.8) is 0 Å². The first-order valence-electron chi connectivity index (χ1n) is 6.16. The van der Waals surface area contributed by atoms with Gasteiger partial charge in [0.1, 0.15) is 0 Å². The summed E-state index contributed by atoms with van der Waals surface area (Å²) in [4.78, 5) is 19.7. The maximum absolute atomic E-state index is 9.83. The van der Waals surface area contributed by atoms with E-state index in [9.17, 15) is 19.8 Å². The van der Waals surface area contributed by atoms with E-state index < -0.39 is 11.9 Å². The number of hydrogen-bond donors (Lipinski definition) is 0. The summed E-state index contributed by atoms with van der Waals surface area (Å²) in [6.07, 6.45) is 11.1. The number of aliphatic carboxylic acids is 2. The Morgan fingerprint density at radius 3 is 1.37 bits per heavy atom. The minimum Gasteiger partial charge on any atom is -0.550 e. The molecule has 0 aromatic heterocycles. The van der Waals surface area contributed by atoms with Crippen LogP contribution < -0.4 is 10.2 Å². The predicted octanol–water partition coefficient (Wildman–Crippen LogP) is 0.585. The van der Waals surface area contributed by atoms with Gasteiger partial charge in [0.25, 0.3) is 0 Å². The molecule has 0 rings (SSSR count). The van der Waals surface area contributed by atoms with Crippen molar-refractivity contribution < 1.29 is 19.8 Å². The average molecular weight is 294 g/mol. The number of allylic oxidation sites excluding steroid dienone is 4. The molecule has 0 aliphatic heterocycles. The van der Waals surface area contributed by atoms with Crippen molar-refractivity contribution in [1.82, 2.24) is 0 Å². The van der Waals surface area contributed by atoms with Crippen molar-refractivity contribution in [2.24, 2.45) is 0 Å². The van der Waals surface area contributed by atoms with Crippen molar-refractivity contribution >= 4 is 49.7 Å². The van der Waals surface area contributed by atoms with E-state index >= 15 is 0 Å². The molecule has 0 spiro atoms. The van der Waals surface area contributed by atoms with Gasteiger partial charge in [0.05, 0.1) is 0 Å². The van der Waals surface area contributed by atoms with Crippen molar-refractivity contribution in [3.8, 4) is 0 Å². The molecule has 0 fully saturated rings. The SMILES string of the molecule is CC=CCCCC(=O)[O-].CC=CCCCC(=O)[O-].[Ca+2]. The molecule has 19 heavy (non-hydrogen) atoms. The van der Waals surface area contributed by atoms with Gasteiger partial charge in [-0.25, -0.2) is 0 Å². The second-order valence-electron chi connectivity index (χ2n) is 3.67. The maximum Gasteiger partial charge on any atom is 2.00 e. The van der Waals surface area contributed by atoms with E-state index in [0.717, 1.165) is 12.8 Å². The Morgan fingerprint density at radius 2 is 1.16 bits per heavy atom. The summed E-state index contributed by atoms with van der Waals surface area (Å²) in [6, 6.07) is 0. The molecule has 4 nitrogen and oxygen atoms in total. The second-order valence-corrected chi connectivity index (χ2v) is 3.67. The van der Waals surface area contributed by atoms with Gasteiger partial charge in [-0.3, -0.25) is 0 Å². The van der Waals surface area contributed by atoms with Crippen molar-refractivity contribution in [2.75, 3.05) is 0 Å². The average Bonchev–Trinajstić information content (AvgIpc) is 2.31. The molecule has 0 bridgehead atoms. The molecule has 104 valence electrons. The summed E-state index contributed by atoms with van der Waals surface area (Å²) < 4.78 is 0. The summed E-state index contributed by atoms with van der Waals surface area (Å²) in [5.41, 5.74) is 0. The fourth-order valence-corrected chi connectivity index (χ4v) is 1.06. The van der Waals surface area contributed by atoms with E-state index in [1.807, 2.05) is 38.2 Å². The van der Waals surface area contributed by atoms with Gasteiger partial charge >= 0.3 is 37.7 Å². The third kappa shape index (κ3) is 31.9. The number of carbonyl (C=O) groups excluding carboxylic acids is 2. The molecule has 0 N–H and O–H groups in total. The van der Waals surface area contributed by atoms with Gasteiger partial charge < -0.3 is 19.8 Å². The van der Waals surface area contributed by atoms with Crippen molar-refractivity contribution in [2.45, 2.75) is 52.4 Å². The molecular formula is C14H22CaO4. The van der Waals surface area contributed by atoms with E-state index in [1.165, 1.54) is 0 Å². The second kappa shape index (κ2) is 20.0. The monoisotopic (exact) mass is 294 g/mol. The molecule has 0 aliphatic rings. The fraction of sp³-hybridized carbons (Fsp3) is 0.571. The maximum atomic E-state index is 9.83. The quantitative estimate of drug-likeness (QED) is 0.373. The van der Waals surface area contributed by atoms with Crippen LogP contribution >= 0.6 is 0 Å². The summed E-state index contributed by atoms with van der Waals surface area (Å²) in [5.74, 6) is -1.92. The molecule has 0 unspecified atom stereocenters. The first kappa shape index (κ1) is 23.7. The van der Waals surface area contributed by atoms with E-state index in [2.05, 4.69) is 0 Å². The number of carbonyl (C=O) groups is 2. The van der Waals surface area contributed by atoms with Crippen LogP contribution in [0.25, 0.3) is 0 Å². The zero-order chi connectivity index (χ0) is 14.2. The Bertz CT molecular complexity index is 245. The largest absolute Gasteiger partial charge is 2.00 e. The smallest absolute Gasteiger partial charge is 0.550 e. The van der Waals surface area contributed by atoms with E-state index in [1.54, 1.807) is 0 Å². The van der Waals surface area contributed by atoms with Gasteiger partial charge in [-0.05, 0) is 52.4 Å². The van der Waals surface area contributed by atoms with E-state index in [-0.39, 0.29) is 50.6 Å². The topological polar surface area (TPSA) is 80.3 Å². The van der Waals surface area contributed by atoms with E-state index in [0.29, 0.717) is 12.8 Å². The number of unbranched alkanes of at least 4 members (excludes halogenated alkanes) is 2. The molecule has 0 aromatic carbocycles. The predicted molar refractivity (Wildman–Crippen MR) is 73.1 cm³/mol. The number of carboxylic acid groups (broad SMARTS) is 2. The van der Waals surface area contributed by atoms with Gasteiger partial charge in [0.2, 0.25) is 0 Å². The van der Waals surface area contributed by atoms with Crippen LogP contribution in [0.2, 0.25) is 0 Å². The summed E-state index contributed by atoms with van der Waals surface area (Å²) in [7, 11) is 0. The molecule has 0 atom stereocenters. The van der Waals surface area contributed by atoms with Crippen LogP contribution in [0, 0.1) is 0 Å². The van der Waals surface area contributed by atoms with Gasteiger partial charge in [0.15, 0.2) is 0 Å². The first-order chi connectivity index (χ1) is 8.54. The Balaban J connectivity index is -0.000000256. The van der Waals surface area contributed by atoms with Crippen LogP contribution in [-0.4, -0.2) is 49.7 Å². The molecular weight excluding hydrogens is 272 g/mol. The molecule has 0 amide bonds. The van der Waals surface area contributed by atoms with E-state index in [4.69, 9.17) is 0 Å². The third-order valence-electron chi connectivity index (χ3n) is 1.97. The first-order valence-corrected chi connectivity index (χ1v) is 6.16. The summed E-state index contributed by atoms with van der Waals surface area (Å²) >= 11 is 0. The zero-order valence-corrected chi connectivity index (χ0v) is 14.1. The Morgan fingerprint density at radius 1 is 0.842 bits per heavy atom. The fourth-order valence-electron chi connectivity index (χ4n) is 1.06. The Labute approximate surface area is 145 Å².